The Morgan fingerprint density at radius 1 is 1.17 bits per heavy atom. The van der Waals surface area contributed by atoms with Gasteiger partial charge in [0, 0.05) is 49.0 Å². The number of pyridine rings is 1. The maximum Gasteiger partial charge on any atom is 0.131 e. The van der Waals surface area contributed by atoms with Crippen LogP contribution in [0.2, 0.25) is 0 Å². The molecule has 3 heterocycles. The number of hydrogen-bond acceptors (Lipinski definition) is 4. The minimum Gasteiger partial charge on any atom is -0.368 e. The van der Waals surface area contributed by atoms with Crippen molar-refractivity contribution in [2.45, 2.75) is 6.67 Å². The zero-order chi connectivity index (χ0) is 16.5. The van der Waals surface area contributed by atoms with Gasteiger partial charge in [0.2, 0.25) is 0 Å². The van der Waals surface area contributed by atoms with Crippen LogP contribution in [0.25, 0.3) is 22.0 Å². The maximum atomic E-state index is 13.1. The third-order valence-electron chi connectivity index (χ3n) is 4.73. The van der Waals surface area contributed by atoms with Crippen LogP contribution in [-0.4, -0.2) is 53.3 Å². The van der Waals surface area contributed by atoms with Gasteiger partial charge in [0.05, 0.1) is 17.4 Å². The van der Waals surface area contributed by atoms with E-state index in [1.165, 1.54) is 5.69 Å². The zero-order valence-corrected chi connectivity index (χ0v) is 13.7. The molecule has 2 aromatic heterocycles. The number of likely N-dealkylation sites (N-methyl/N-ethyl adjacent to an activating group) is 1. The van der Waals surface area contributed by atoms with E-state index in [0.717, 1.165) is 48.2 Å². The number of nitrogens with one attached hydrogen (secondary N) is 1. The van der Waals surface area contributed by atoms with E-state index in [1.807, 2.05) is 18.3 Å². The number of H-pyrrole nitrogens is 1. The highest BCUT2D eigenvalue weighted by atomic mass is 19.1. The fraction of sp³-hybridized carbons (Fsp3) is 0.333. The first-order valence-corrected chi connectivity index (χ1v) is 8.17. The molecule has 1 aliphatic heterocycles. The molecule has 0 aliphatic carbocycles. The molecule has 0 unspecified atom stereocenters. The molecule has 24 heavy (non-hydrogen) atoms. The van der Waals surface area contributed by atoms with Crippen LogP contribution in [0.4, 0.5) is 10.1 Å². The van der Waals surface area contributed by atoms with Crippen LogP contribution in [-0.2, 0) is 6.67 Å². The molecule has 6 heteroatoms. The molecular formula is C18H20FN5. The number of fused-ring (bicyclic) bond motifs is 1. The van der Waals surface area contributed by atoms with E-state index in [4.69, 9.17) is 0 Å². The van der Waals surface area contributed by atoms with Gasteiger partial charge in [0.15, 0.2) is 0 Å². The molecule has 0 saturated carbocycles. The summed E-state index contributed by atoms with van der Waals surface area (Å²) in [5, 5.41) is 7.80. The Morgan fingerprint density at radius 3 is 2.79 bits per heavy atom. The third-order valence-corrected chi connectivity index (χ3v) is 4.73. The molecule has 1 aliphatic rings. The molecule has 0 bridgehead atoms. The topological polar surface area (TPSA) is 48.1 Å². The van der Waals surface area contributed by atoms with Gasteiger partial charge in [-0.25, -0.2) is 4.39 Å². The molecule has 3 aromatic rings. The number of anilines is 1. The lowest BCUT2D eigenvalue weighted by molar-refractivity contribution is 0.313. The summed E-state index contributed by atoms with van der Waals surface area (Å²) in [5.74, 6) is 0. The summed E-state index contributed by atoms with van der Waals surface area (Å²) in [4.78, 5) is 9.22. The van der Waals surface area contributed by atoms with Crippen LogP contribution in [0.3, 0.4) is 0 Å². The Labute approximate surface area is 140 Å². The van der Waals surface area contributed by atoms with Gasteiger partial charge in [-0.15, -0.1) is 0 Å². The van der Waals surface area contributed by atoms with Crippen molar-refractivity contribution >= 4 is 16.6 Å². The highest BCUT2D eigenvalue weighted by Gasteiger charge is 2.17. The maximum absolute atomic E-state index is 13.1. The van der Waals surface area contributed by atoms with E-state index in [9.17, 15) is 4.39 Å². The van der Waals surface area contributed by atoms with Crippen LogP contribution in [0, 0.1) is 0 Å². The van der Waals surface area contributed by atoms with Crippen molar-refractivity contribution in [2.24, 2.45) is 0 Å². The molecule has 0 atom stereocenters. The lowest BCUT2D eigenvalue weighted by atomic mass is 10.0. The normalized spacial score (nSPS) is 16.0. The average Bonchev–Trinajstić information content (AvgIpc) is 3.10. The first-order chi connectivity index (χ1) is 11.8. The van der Waals surface area contributed by atoms with Gasteiger partial charge in [-0.1, -0.05) is 6.07 Å². The van der Waals surface area contributed by atoms with Crippen molar-refractivity contribution < 1.29 is 4.39 Å². The van der Waals surface area contributed by atoms with E-state index < -0.39 is 6.67 Å². The van der Waals surface area contributed by atoms with Gasteiger partial charge in [-0.2, -0.15) is 5.10 Å². The lowest BCUT2D eigenvalue weighted by Crippen LogP contribution is -2.44. The monoisotopic (exact) mass is 325 g/mol. The molecule has 1 aromatic carbocycles. The molecule has 0 spiro atoms. The number of benzene rings is 1. The highest BCUT2D eigenvalue weighted by molar-refractivity contribution is 5.94. The Hall–Kier alpha value is -2.47. The fourth-order valence-electron chi connectivity index (χ4n) is 3.29. The second-order valence-corrected chi connectivity index (χ2v) is 6.25. The molecule has 0 radical (unpaired) electrons. The van der Waals surface area contributed by atoms with Gasteiger partial charge in [-0.3, -0.25) is 10.1 Å². The average molecular weight is 325 g/mol. The molecule has 1 saturated heterocycles. The van der Waals surface area contributed by atoms with Gasteiger partial charge in [-0.05, 0) is 30.8 Å². The number of hydrogen-bond donors (Lipinski definition) is 1. The number of alkyl halides is 1. The van der Waals surface area contributed by atoms with Gasteiger partial charge >= 0.3 is 0 Å². The summed E-state index contributed by atoms with van der Waals surface area (Å²) < 4.78 is 13.1. The Morgan fingerprint density at radius 2 is 2.00 bits per heavy atom. The zero-order valence-electron chi connectivity index (χ0n) is 13.7. The van der Waals surface area contributed by atoms with Crippen molar-refractivity contribution in [3.63, 3.8) is 0 Å². The number of nitrogens with zero attached hydrogens (tertiary/aromatic N) is 4. The van der Waals surface area contributed by atoms with Crippen LogP contribution in [0.5, 0.6) is 0 Å². The van der Waals surface area contributed by atoms with E-state index in [-0.39, 0.29) is 0 Å². The molecule has 0 amide bonds. The summed E-state index contributed by atoms with van der Waals surface area (Å²) in [6.07, 6.45) is 3.54. The first kappa shape index (κ1) is 15.1. The number of aromatic amines is 1. The SMILES string of the molecule is CN1CCN(c2ccnc3ccc(-c4cn[nH]c4CF)cc23)CC1. The molecule has 4 rings (SSSR count). The summed E-state index contributed by atoms with van der Waals surface area (Å²) in [6.45, 7) is 3.56. The predicted octanol–water partition coefficient (Wildman–Crippen LogP) is 2.85. The summed E-state index contributed by atoms with van der Waals surface area (Å²) in [7, 11) is 2.15. The minimum atomic E-state index is -0.550. The van der Waals surface area contributed by atoms with Crippen LogP contribution in [0.15, 0.2) is 36.7 Å². The van der Waals surface area contributed by atoms with Crippen LogP contribution < -0.4 is 4.90 Å². The molecule has 1 fully saturated rings. The van der Waals surface area contributed by atoms with Crippen molar-refractivity contribution in [3.8, 4) is 11.1 Å². The Kier molecular flexibility index (Phi) is 3.90. The minimum absolute atomic E-state index is 0.513. The summed E-state index contributed by atoms with van der Waals surface area (Å²) in [5.41, 5.74) is 4.44. The number of rotatable bonds is 3. The second-order valence-electron chi connectivity index (χ2n) is 6.25. The highest BCUT2D eigenvalue weighted by Crippen LogP contribution is 2.31. The standard InChI is InChI=1S/C18H20FN5/c1-23-6-8-24(9-7-23)18-4-5-20-16-3-2-13(10-14(16)18)15-12-21-22-17(15)11-19/h2-5,10,12H,6-9,11H2,1H3,(H,21,22). The van der Waals surface area contributed by atoms with Gasteiger partial charge in [0.25, 0.3) is 0 Å². The first-order valence-electron chi connectivity index (χ1n) is 8.17. The van der Waals surface area contributed by atoms with E-state index in [1.54, 1.807) is 6.20 Å². The smallest absolute Gasteiger partial charge is 0.131 e. The molecule has 1 N–H and O–H groups in total. The third kappa shape index (κ3) is 2.63. The van der Waals surface area contributed by atoms with Crippen LogP contribution >= 0.6 is 0 Å². The van der Waals surface area contributed by atoms with E-state index in [0.29, 0.717) is 5.69 Å². The van der Waals surface area contributed by atoms with Crippen molar-refractivity contribution in [1.29, 1.82) is 0 Å². The van der Waals surface area contributed by atoms with Gasteiger partial charge in [0.1, 0.15) is 6.67 Å². The quantitative estimate of drug-likeness (QED) is 0.804. The Balaban J connectivity index is 1.79. The van der Waals surface area contributed by atoms with Crippen LogP contribution in [0.1, 0.15) is 5.69 Å². The fourth-order valence-corrected chi connectivity index (χ4v) is 3.29. The number of aromatic nitrogens is 3. The van der Waals surface area contributed by atoms with E-state index >= 15 is 0 Å². The largest absolute Gasteiger partial charge is 0.368 e. The molecular weight excluding hydrogens is 305 g/mol. The molecule has 124 valence electrons. The second kappa shape index (κ2) is 6.20. The number of halogens is 1. The summed E-state index contributed by atoms with van der Waals surface area (Å²) in [6, 6.07) is 8.15. The van der Waals surface area contributed by atoms with Crippen molar-refractivity contribution in [3.05, 3.63) is 42.4 Å². The van der Waals surface area contributed by atoms with Gasteiger partial charge < -0.3 is 9.80 Å². The Bertz CT molecular complexity index is 851. The molecule has 5 nitrogen and oxygen atoms in total. The van der Waals surface area contributed by atoms with Crippen molar-refractivity contribution in [1.82, 2.24) is 20.1 Å². The number of piperazine rings is 1. The van der Waals surface area contributed by atoms with Crippen molar-refractivity contribution in [2.75, 3.05) is 38.1 Å². The predicted molar refractivity (Wildman–Crippen MR) is 93.8 cm³/mol. The van der Waals surface area contributed by atoms with E-state index in [2.05, 4.69) is 44.2 Å². The lowest BCUT2D eigenvalue weighted by Gasteiger charge is -2.34. The summed E-state index contributed by atoms with van der Waals surface area (Å²) >= 11 is 0.